The van der Waals surface area contributed by atoms with Gasteiger partial charge in [0, 0.05) is 13.2 Å². The number of aliphatic imine (C=N–C) groups is 1. The third kappa shape index (κ3) is 3.77. The van der Waals surface area contributed by atoms with E-state index in [1.54, 1.807) is 18.1 Å². The van der Waals surface area contributed by atoms with Crippen LogP contribution in [0.2, 0.25) is 0 Å². The average Bonchev–Trinajstić information content (AvgIpc) is 3.11. The van der Waals surface area contributed by atoms with Crippen molar-refractivity contribution in [1.82, 2.24) is 4.90 Å². The van der Waals surface area contributed by atoms with E-state index in [-0.39, 0.29) is 5.91 Å². The number of nitrogens with zero attached hydrogens (tertiary/aromatic N) is 2. The molecular formula is C18H18N2O3S. The Bertz CT molecular complexity index is 781. The van der Waals surface area contributed by atoms with Crippen molar-refractivity contribution in [3.05, 3.63) is 58.9 Å². The number of hydrogen-bond donors (Lipinski definition) is 0. The number of methoxy groups -OCH3 is 1. The minimum absolute atomic E-state index is 0.0826. The second-order valence-corrected chi connectivity index (χ2v) is 6.25. The third-order valence-electron chi connectivity index (χ3n) is 3.42. The summed E-state index contributed by atoms with van der Waals surface area (Å²) in [5, 5.41) is 0.651. The monoisotopic (exact) mass is 342 g/mol. The molecule has 6 heteroatoms. The van der Waals surface area contributed by atoms with Crippen LogP contribution < -0.4 is 0 Å². The summed E-state index contributed by atoms with van der Waals surface area (Å²) in [6.45, 7) is 2.79. The van der Waals surface area contributed by atoms with Gasteiger partial charge in [-0.1, -0.05) is 18.2 Å². The van der Waals surface area contributed by atoms with Crippen LogP contribution in [0, 0.1) is 6.92 Å². The van der Waals surface area contributed by atoms with Crippen LogP contribution in [-0.2, 0) is 9.53 Å². The van der Waals surface area contributed by atoms with E-state index >= 15 is 0 Å². The topological polar surface area (TPSA) is 55.0 Å². The molecule has 0 radical (unpaired) electrons. The van der Waals surface area contributed by atoms with Gasteiger partial charge in [-0.3, -0.25) is 9.69 Å². The van der Waals surface area contributed by atoms with Crippen LogP contribution in [-0.4, -0.2) is 36.2 Å². The Morgan fingerprint density at radius 3 is 2.71 bits per heavy atom. The number of rotatable bonds is 5. The molecule has 1 saturated heterocycles. The van der Waals surface area contributed by atoms with Gasteiger partial charge in [0.2, 0.25) is 0 Å². The SMILES string of the molecule is COCCN1C(=O)/C(=C/c2ccc(C)o2)SC1=Nc1ccccc1. The standard InChI is InChI=1S/C18H18N2O3S/c1-13-8-9-15(23-13)12-16-17(21)20(10-11-22-2)18(24-16)19-14-6-4-3-5-7-14/h3-9,12H,10-11H2,1-2H3/b16-12-,19-18?. The molecule has 24 heavy (non-hydrogen) atoms. The van der Waals surface area contributed by atoms with Crippen molar-refractivity contribution in [1.29, 1.82) is 0 Å². The highest BCUT2D eigenvalue weighted by Crippen LogP contribution is 2.34. The van der Waals surface area contributed by atoms with Gasteiger partial charge in [0.25, 0.3) is 5.91 Å². The Kier molecular flexibility index (Phi) is 5.17. The number of amidine groups is 1. The first-order chi connectivity index (χ1) is 11.7. The number of aryl methyl sites for hydroxylation is 1. The van der Waals surface area contributed by atoms with E-state index in [1.807, 2.05) is 49.4 Å². The van der Waals surface area contributed by atoms with Crippen LogP contribution in [0.25, 0.3) is 6.08 Å². The van der Waals surface area contributed by atoms with Gasteiger partial charge in [-0.15, -0.1) is 0 Å². The molecule has 2 aromatic rings. The zero-order valence-corrected chi connectivity index (χ0v) is 14.4. The summed E-state index contributed by atoms with van der Waals surface area (Å²) in [4.78, 5) is 19.5. The van der Waals surface area contributed by atoms with Crippen LogP contribution in [0.4, 0.5) is 5.69 Å². The number of amides is 1. The number of benzene rings is 1. The number of hydrogen-bond acceptors (Lipinski definition) is 5. The van der Waals surface area contributed by atoms with Gasteiger partial charge in [0.05, 0.1) is 23.7 Å². The van der Waals surface area contributed by atoms with E-state index in [4.69, 9.17) is 9.15 Å². The second kappa shape index (κ2) is 7.51. The molecule has 1 fully saturated rings. The Hall–Kier alpha value is -2.31. The van der Waals surface area contributed by atoms with E-state index < -0.39 is 0 Å². The molecule has 124 valence electrons. The predicted molar refractivity (Wildman–Crippen MR) is 96.1 cm³/mol. The van der Waals surface area contributed by atoms with Crippen LogP contribution in [0.15, 0.2) is 56.8 Å². The first kappa shape index (κ1) is 16.5. The molecule has 0 spiro atoms. The van der Waals surface area contributed by atoms with Crippen LogP contribution in [0.1, 0.15) is 11.5 Å². The lowest BCUT2D eigenvalue weighted by Gasteiger charge is -2.14. The maximum Gasteiger partial charge on any atom is 0.266 e. The molecule has 1 aliphatic heterocycles. The lowest BCUT2D eigenvalue weighted by Crippen LogP contribution is -2.32. The van der Waals surface area contributed by atoms with Crippen molar-refractivity contribution in [2.45, 2.75) is 6.92 Å². The Morgan fingerprint density at radius 2 is 2.04 bits per heavy atom. The van der Waals surface area contributed by atoms with Crippen LogP contribution in [0.5, 0.6) is 0 Å². The molecule has 0 unspecified atom stereocenters. The Morgan fingerprint density at radius 1 is 1.25 bits per heavy atom. The first-order valence-corrected chi connectivity index (χ1v) is 8.39. The normalized spacial score (nSPS) is 18.1. The van der Waals surface area contributed by atoms with Gasteiger partial charge in [0.1, 0.15) is 11.5 Å². The van der Waals surface area contributed by atoms with Gasteiger partial charge >= 0.3 is 0 Å². The van der Waals surface area contributed by atoms with Gasteiger partial charge in [-0.05, 0) is 43.0 Å². The van der Waals surface area contributed by atoms with E-state index in [9.17, 15) is 4.79 Å². The van der Waals surface area contributed by atoms with Gasteiger partial charge in [-0.2, -0.15) is 0 Å². The Labute approximate surface area is 145 Å². The second-order valence-electron chi connectivity index (χ2n) is 5.24. The van der Waals surface area contributed by atoms with E-state index in [0.717, 1.165) is 11.4 Å². The maximum atomic E-state index is 12.7. The summed E-state index contributed by atoms with van der Waals surface area (Å²) in [6.07, 6.45) is 1.76. The van der Waals surface area contributed by atoms with Gasteiger partial charge < -0.3 is 9.15 Å². The van der Waals surface area contributed by atoms with Crippen LogP contribution >= 0.6 is 11.8 Å². The molecule has 0 atom stereocenters. The minimum Gasteiger partial charge on any atom is -0.462 e. The van der Waals surface area contributed by atoms with Crippen molar-refractivity contribution in [3.8, 4) is 0 Å². The summed E-state index contributed by atoms with van der Waals surface area (Å²) >= 11 is 1.35. The average molecular weight is 342 g/mol. The van der Waals surface area contributed by atoms with Crippen molar-refractivity contribution in [2.24, 2.45) is 4.99 Å². The lowest BCUT2D eigenvalue weighted by molar-refractivity contribution is -0.122. The van der Waals surface area contributed by atoms with E-state index in [2.05, 4.69) is 4.99 Å². The summed E-state index contributed by atoms with van der Waals surface area (Å²) in [5.41, 5.74) is 0.810. The highest BCUT2D eigenvalue weighted by atomic mass is 32.2. The smallest absolute Gasteiger partial charge is 0.266 e. The molecule has 1 aliphatic rings. The highest BCUT2D eigenvalue weighted by Gasteiger charge is 2.33. The van der Waals surface area contributed by atoms with Crippen molar-refractivity contribution >= 4 is 34.6 Å². The summed E-state index contributed by atoms with van der Waals surface area (Å²) in [7, 11) is 1.62. The molecular weight excluding hydrogens is 324 g/mol. The predicted octanol–water partition coefficient (Wildman–Crippen LogP) is 3.84. The molecule has 1 aromatic heterocycles. The zero-order chi connectivity index (χ0) is 16.9. The van der Waals surface area contributed by atoms with Crippen LogP contribution in [0.3, 0.4) is 0 Å². The molecule has 3 rings (SSSR count). The number of ether oxygens (including phenoxy) is 1. The number of furan rings is 1. The molecule has 1 aromatic carbocycles. The third-order valence-corrected chi connectivity index (χ3v) is 4.43. The van der Waals surface area contributed by atoms with Crippen molar-refractivity contribution < 1.29 is 13.9 Å². The zero-order valence-electron chi connectivity index (χ0n) is 13.6. The quantitative estimate of drug-likeness (QED) is 0.775. The molecule has 1 amide bonds. The Balaban J connectivity index is 1.90. The molecule has 0 N–H and O–H groups in total. The number of thioether (sulfide) groups is 1. The fourth-order valence-corrected chi connectivity index (χ4v) is 3.25. The summed E-state index contributed by atoms with van der Waals surface area (Å²) in [5.74, 6) is 1.39. The molecule has 0 bridgehead atoms. The maximum absolute atomic E-state index is 12.7. The van der Waals surface area contributed by atoms with Gasteiger partial charge in [0.15, 0.2) is 5.17 Å². The first-order valence-electron chi connectivity index (χ1n) is 7.58. The molecule has 0 aliphatic carbocycles. The molecule has 0 saturated carbocycles. The molecule has 2 heterocycles. The van der Waals surface area contributed by atoms with Crippen molar-refractivity contribution in [3.63, 3.8) is 0 Å². The fraction of sp³-hybridized carbons (Fsp3) is 0.222. The minimum atomic E-state index is -0.0826. The van der Waals surface area contributed by atoms with Crippen molar-refractivity contribution in [2.75, 3.05) is 20.3 Å². The molecule has 5 nitrogen and oxygen atoms in total. The summed E-state index contributed by atoms with van der Waals surface area (Å²) < 4.78 is 10.6. The number of carbonyl (C=O) groups is 1. The van der Waals surface area contributed by atoms with E-state index in [0.29, 0.717) is 29.0 Å². The van der Waals surface area contributed by atoms with Gasteiger partial charge in [-0.25, -0.2) is 4.99 Å². The number of carbonyl (C=O) groups excluding carboxylic acids is 1. The summed E-state index contributed by atoms with van der Waals surface area (Å²) in [6, 6.07) is 13.3. The fourth-order valence-electron chi connectivity index (χ4n) is 2.24. The van der Waals surface area contributed by atoms with E-state index in [1.165, 1.54) is 11.8 Å². The lowest BCUT2D eigenvalue weighted by atomic mass is 10.3. The largest absolute Gasteiger partial charge is 0.462 e. The highest BCUT2D eigenvalue weighted by molar-refractivity contribution is 8.18. The number of para-hydroxylation sites is 1.